The van der Waals surface area contributed by atoms with Crippen LogP contribution in [0, 0.1) is 5.92 Å². The fourth-order valence-electron chi connectivity index (χ4n) is 6.99. The lowest BCUT2D eigenvalue weighted by Crippen LogP contribution is -2.51. The number of halogens is 1. The molecular formula is C34H25ClN2O3. The van der Waals surface area contributed by atoms with Gasteiger partial charge in [-0.15, -0.1) is 0 Å². The van der Waals surface area contributed by atoms with Crippen LogP contribution in [0.4, 0.5) is 11.4 Å². The number of hydrogen-bond donors (Lipinski definition) is 1. The van der Waals surface area contributed by atoms with Gasteiger partial charge in [0.15, 0.2) is 11.6 Å². The van der Waals surface area contributed by atoms with E-state index in [1.807, 2.05) is 66.4 Å². The lowest BCUT2D eigenvalue weighted by molar-refractivity contribution is -0.121. The van der Waals surface area contributed by atoms with E-state index in [9.17, 15) is 14.4 Å². The third kappa shape index (κ3) is 3.24. The van der Waals surface area contributed by atoms with Crippen LogP contribution in [0.15, 0.2) is 109 Å². The first-order valence-electron chi connectivity index (χ1n) is 13.3. The summed E-state index contributed by atoms with van der Waals surface area (Å²) in [5.41, 5.74) is 3.59. The number of para-hydroxylation sites is 2. The molecule has 0 bridgehead atoms. The smallest absolute Gasteiger partial charge is 0.238 e. The average molecular weight is 545 g/mol. The van der Waals surface area contributed by atoms with Crippen molar-refractivity contribution >= 4 is 46.0 Å². The van der Waals surface area contributed by atoms with Crippen molar-refractivity contribution in [2.45, 2.75) is 24.4 Å². The predicted octanol–water partition coefficient (Wildman–Crippen LogP) is 6.59. The zero-order valence-electron chi connectivity index (χ0n) is 21.7. The Morgan fingerprint density at radius 3 is 2.30 bits per heavy atom. The van der Waals surface area contributed by atoms with Gasteiger partial charge in [-0.3, -0.25) is 14.4 Å². The van der Waals surface area contributed by atoms with Crippen molar-refractivity contribution in [3.63, 3.8) is 0 Å². The lowest BCUT2D eigenvalue weighted by atomic mass is 9.64. The molecule has 0 radical (unpaired) electrons. The highest BCUT2D eigenvalue weighted by atomic mass is 35.5. The summed E-state index contributed by atoms with van der Waals surface area (Å²) >= 11 is 6.59. The van der Waals surface area contributed by atoms with E-state index >= 15 is 0 Å². The molecule has 1 spiro atoms. The standard InChI is InChI=1S/C34H25ClN2O3/c1-20-19-28-34(24-15-7-9-17-26(24)36-33(34)40)29(31(38)21-11-3-2-4-12-21)30(32(39)23-14-5-8-16-25(23)35)37(28)27-18-10-6-13-22(20)27/h2-19,28-30H,1H3,(H,36,40). The molecule has 1 fully saturated rings. The average Bonchev–Trinajstić information content (AvgIpc) is 3.45. The summed E-state index contributed by atoms with van der Waals surface area (Å²) in [6.07, 6.45) is 2.05. The molecule has 3 heterocycles. The van der Waals surface area contributed by atoms with Gasteiger partial charge in [-0.2, -0.15) is 0 Å². The van der Waals surface area contributed by atoms with Crippen LogP contribution in [-0.2, 0) is 10.2 Å². The van der Waals surface area contributed by atoms with Crippen LogP contribution in [-0.4, -0.2) is 29.6 Å². The van der Waals surface area contributed by atoms with Gasteiger partial charge in [0.25, 0.3) is 0 Å². The second-order valence-corrected chi connectivity index (χ2v) is 11.0. The number of anilines is 2. The Morgan fingerprint density at radius 1 is 0.825 bits per heavy atom. The van der Waals surface area contributed by atoms with Crippen molar-refractivity contribution in [3.8, 4) is 0 Å². The monoisotopic (exact) mass is 544 g/mol. The molecule has 0 saturated carbocycles. The molecule has 4 aromatic rings. The highest BCUT2D eigenvalue weighted by molar-refractivity contribution is 6.34. The number of nitrogens with zero attached hydrogens (tertiary/aromatic N) is 1. The zero-order chi connectivity index (χ0) is 27.6. The van der Waals surface area contributed by atoms with E-state index in [2.05, 4.69) is 11.4 Å². The summed E-state index contributed by atoms with van der Waals surface area (Å²) < 4.78 is 0. The Morgan fingerprint density at radius 2 is 1.50 bits per heavy atom. The van der Waals surface area contributed by atoms with Gasteiger partial charge in [0, 0.05) is 28.1 Å². The second kappa shape index (κ2) is 9.04. The van der Waals surface area contributed by atoms with E-state index < -0.39 is 23.4 Å². The first kappa shape index (κ1) is 24.6. The van der Waals surface area contributed by atoms with Gasteiger partial charge in [-0.25, -0.2) is 0 Å². The molecule has 4 aromatic carbocycles. The van der Waals surface area contributed by atoms with E-state index in [1.165, 1.54) is 0 Å². The minimum atomic E-state index is -1.35. The van der Waals surface area contributed by atoms with Gasteiger partial charge in [-0.05, 0) is 42.3 Å². The van der Waals surface area contributed by atoms with Gasteiger partial charge in [0.2, 0.25) is 5.91 Å². The highest BCUT2D eigenvalue weighted by Gasteiger charge is 2.70. The SMILES string of the molecule is CC1=CC2N(c3ccccc31)C(C(=O)c1ccccc1Cl)C(C(=O)c1ccccc1)C21C(=O)Nc2ccccc21. The maximum atomic E-state index is 14.7. The van der Waals surface area contributed by atoms with Crippen LogP contribution in [0.5, 0.6) is 0 Å². The molecule has 40 heavy (non-hydrogen) atoms. The molecule has 4 atom stereocenters. The first-order chi connectivity index (χ1) is 19.4. The molecule has 1 amide bonds. The normalized spacial score (nSPS) is 24.1. The van der Waals surface area contributed by atoms with Crippen LogP contribution >= 0.6 is 11.6 Å². The molecular weight excluding hydrogens is 520 g/mol. The fraction of sp³-hybridized carbons (Fsp3) is 0.147. The van der Waals surface area contributed by atoms with Crippen LogP contribution in [0.2, 0.25) is 5.02 Å². The summed E-state index contributed by atoms with van der Waals surface area (Å²) in [4.78, 5) is 45.8. The van der Waals surface area contributed by atoms with Crippen LogP contribution in [0.3, 0.4) is 0 Å². The summed E-state index contributed by atoms with van der Waals surface area (Å²) in [5, 5.41) is 3.37. The van der Waals surface area contributed by atoms with Crippen molar-refractivity contribution in [1.82, 2.24) is 0 Å². The largest absolute Gasteiger partial charge is 0.352 e. The second-order valence-electron chi connectivity index (χ2n) is 10.6. The summed E-state index contributed by atoms with van der Waals surface area (Å²) in [7, 11) is 0. The molecule has 196 valence electrons. The number of nitrogens with one attached hydrogen (secondary N) is 1. The van der Waals surface area contributed by atoms with Gasteiger partial charge >= 0.3 is 0 Å². The number of fused-ring (bicyclic) bond motifs is 6. The number of hydrogen-bond acceptors (Lipinski definition) is 4. The van der Waals surface area contributed by atoms with E-state index in [0.29, 0.717) is 21.8 Å². The number of Topliss-reactive ketones (excluding diaryl/α,β-unsaturated/α-hetero) is 2. The van der Waals surface area contributed by atoms with E-state index in [4.69, 9.17) is 11.6 Å². The predicted molar refractivity (Wildman–Crippen MR) is 157 cm³/mol. The topological polar surface area (TPSA) is 66.5 Å². The van der Waals surface area contributed by atoms with Crippen molar-refractivity contribution in [2.24, 2.45) is 5.92 Å². The minimum Gasteiger partial charge on any atom is -0.352 e. The first-order valence-corrected chi connectivity index (χ1v) is 13.7. The van der Waals surface area contributed by atoms with Gasteiger partial charge in [0.1, 0.15) is 11.5 Å². The number of carbonyl (C=O) groups excluding carboxylic acids is 3. The quantitative estimate of drug-likeness (QED) is 0.294. The van der Waals surface area contributed by atoms with Crippen molar-refractivity contribution in [2.75, 3.05) is 10.2 Å². The van der Waals surface area contributed by atoms with E-state index in [0.717, 1.165) is 22.4 Å². The maximum Gasteiger partial charge on any atom is 0.238 e. The zero-order valence-corrected chi connectivity index (χ0v) is 22.4. The molecule has 0 aliphatic carbocycles. The Hall–Kier alpha value is -4.48. The van der Waals surface area contributed by atoms with Crippen molar-refractivity contribution in [3.05, 3.63) is 136 Å². The Bertz CT molecular complexity index is 1750. The Kier molecular flexibility index (Phi) is 5.55. The fourth-order valence-corrected chi connectivity index (χ4v) is 7.22. The molecule has 3 aliphatic heterocycles. The van der Waals surface area contributed by atoms with Crippen LogP contribution < -0.4 is 10.2 Å². The maximum absolute atomic E-state index is 14.7. The van der Waals surface area contributed by atoms with Crippen LogP contribution in [0.1, 0.15) is 38.8 Å². The summed E-state index contributed by atoms with van der Waals surface area (Å²) in [6, 6.07) is 29.6. The summed E-state index contributed by atoms with van der Waals surface area (Å²) in [5.74, 6) is -1.85. The minimum absolute atomic E-state index is 0.254. The molecule has 0 aromatic heterocycles. The lowest BCUT2D eigenvalue weighted by Gasteiger charge is -2.39. The van der Waals surface area contributed by atoms with Crippen molar-refractivity contribution < 1.29 is 14.4 Å². The van der Waals surface area contributed by atoms with E-state index in [-0.39, 0.29) is 17.5 Å². The summed E-state index contributed by atoms with van der Waals surface area (Å²) in [6.45, 7) is 2.01. The van der Waals surface area contributed by atoms with Crippen LogP contribution in [0.25, 0.3) is 5.57 Å². The Labute approximate surface area is 237 Å². The molecule has 5 nitrogen and oxygen atoms in total. The third-order valence-electron chi connectivity index (χ3n) is 8.63. The van der Waals surface area contributed by atoms with Crippen molar-refractivity contribution in [1.29, 1.82) is 0 Å². The molecule has 7 rings (SSSR count). The number of ketones is 2. The number of rotatable bonds is 4. The number of amides is 1. The molecule has 1 N–H and O–H groups in total. The van der Waals surface area contributed by atoms with Gasteiger partial charge in [0.05, 0.1) is 17.0 Å². The molecule has 1 saturated heterocycles. The Balaban J connectivity index is 1.57. The number of carbonyl (C=O) groups is 3. The van der Waals surface area contributed by atoms with E-state index in [1.54, 1.807) is 48.5 Å². The molecule has 3 aliphatic rings. The van der Waals surface area contributed by atoms with Gasteiger partial charge < -0.3 is 10.2 Å². The van der Waals surface area contributed by atoms with Gasteiger partial charge in [-0.1, -0.05) is 96.5 Å². The number of benzene rings is 4. The number of allylic oxidation sites excluding steroid dienone is 1. The molecule has 4 unspecified atom stereocenters. The third-order valence-corrected chi connectivity index (χ3v) is 8.96. The molecule has 6 heteroatoms. The highest BCUT2D eigenvalue weighted by Crippen LogP contribution is 2.58.